The molecule has 2 aliphatic heterocycles. The van der Waals surface area contributed by atoms with Gasteiger partial charge in [-0.3, -0.25) is 9.78 Å². The van der Waals surface area contributed by atoms with E-state index in [0.717, 1.165) is 42.3 Å². The highest BCUT2D eigenvalue weighted by atomic mass is 16.1. The number of nitrogens with zero attached hydrogens (tertiary/aromatic N) is 4. The summed E-state index contributed by atoms with van der Waals surface area (Å²) in [6, 6.07) is 3.84. The van der Waals surface area contributed by atoms with Gasteiger partial charge in [0.05, 0.1) is 5.54 Å². The molecule has 4 rings (SSSR count). The number of carbonyl (C=O) groups is 1. The molecule has 4 heterocycles. The average molecular weight is 338 g/mol. The van der Waals surface area contributed by atoms with E-state index in [1.54, 1.807) is 12.4 Å². The van der Waals surface area contributed by atoms with E-state index in [-0.39, 0.29) is 11.4 Å². The maximum absolute atomic E-state index is 11.9. The fourth-order valence-electron chi connectivity index (χ4n) is 3.57. The van der Waals surface area contributed by atoms with Gasteiger partial charge in [0.25, 0.3) is 0 Å². The van der Waals surface area contributed by atoms with Crippen LogP contribution in [0.5, 0.6) is 0 Å². The summed E-state index contributed by atoms with van der Waals surface area (Å²) in [5.41, 5.74) is 2.89. The number of pyridine rings is 1. The summed E-state index contributed by atoms with van der Waals surface area (Å²) in [7, 11) is 0. The zero-order valence-electron chi connectivity index (χ0n) is 14.5. The van der Waals surface area contributed by atoms with Gasteiger partial charge >= 0.3 is 0 Å². The first kappa shape index (κ1) is 16.0. The minimum absolute atomic E-state index is 0.123. The van der Waals surface area contributed by atoms with Gasteiger partial charge in [-0.05, 0) is 26.0 Å². The second-order valence-corrected chi connectivity index (χ2v) is 6.91. The number of amides is 1. The molecule has 0 atom stereocenters. The Balaban J connectivity index is 1.61. The lowest BCUT2D eigenvalue weighted by Crippen LogP contribution is -2.70. The van der Waals surface area contributed by atoms with Gasteiger partial charge in [-0.25, -0.2) is 9.97 Å². The highest BCUT2D eigenvalue weighted by molar-refractivity contribution is 5.78. The number of rotatable bonds is 2. The molecule has 7 heteroatoms. The number of aryl methyl sites for hydroxylation is 1. The molecule has 0 aliphatic carbocycles. The second kappa shape index (κ2) is 6.07. The van der Waals surface area contributed by atoms with Crippen molar-refractivity contribution in [2.75, 3.05) is 31.1 Å². The van der Waals surface area contributed by atoms with Crippen molar-refractivity contribution in [2.24, 2.45) is 0 Å². The Morgan fingerprint density at radius 2 is 1.88 bits per heavy atom. The normalized spacial score (nSPS) is 19.3. The molecule has 0 unspecified atom stereocenters. The molecule has 2 N–H and O–H groups in total. The summed E-state index contributed by atoms with van der Waals surface area (Å²) in [5.74, 6) is 1.79. The van der Waals surface area contributed by atoms with Gasteiger partial charge in [0.2, 0.25) is 5.91 Å². The van der Waals surface area contributed by atoms with Gasteiger partial charge < -0.3 is 15.5 Å². The summed E-state index contributed by atoms with van der Waals surface area (Å²) >= 11 is 0. The molecular weight excluding hydrogens is 316 g/mol. The molecule has 2 aromatic rings. The van der Waals surface area contributed by atoms with E-state index in [1.165, 1.54) is 0 Å². The lowest BCUT2D eigenvalue weighted by Gasteiger charge is -2.50. The Bertz CT molecular complexity index is 801. The van der Waals surface area contributed by atoms with Crippen LogP contribution in [0.1, 0.15) is 17.7 Å². The number of hydrogen-bond acceptors (Lipinski definition) is 6. The molecule has 130 valence electrons. The Labute approximate surface area is 146 Å². The van der Waals surface area contributed by atoms with Crippen molar-refractivity contribution in [3.8, 4) is 11.4 Å². The van der Waals surface area contributed by atoms with E-state index in [0.29, 0.717) is 18.8 Å². The van der Waals surface area contributed by atoms with E-state index >= 15 is 0 Å². The van der Waals surface area contributed by atoms with Crippen LogP contribution >= 0.6 is 0 Å². The van der Waals surface area contributed by atoms with Gasteiger partial charge in [-0.15, -0.1) is 0 Å². The average Bonchev–Trinajstić information content (AvgIpc) is 2.78. The maximum atomic E-state index is 11.9. The molecular formula is C18H22N6O. The van der Waals surface area contributed by atoms with Gasteiger partial charge in [0.1, 0.15) is 5.82 Å². The van der Waals surface area contributed by atoms with Gasteiger partial charge in [-0.1, -0.05) is 0 Å². The molecule has 2 fully saturated rings. The summed E-state index contributed by atoms with van der Waals surface area (Å²) in [5, 5.41) is 6.45. The summed E-state index contributed by atoms with van der Waals surface area (Å²) in [6.07, 6.45) is 4.02. The van der Waals surface area contributed by atoms with Gasteiger partial charge in [0.15, 0.2) is 5.82 Å². The van der Waals surface area contributed by atoms with Crippen molar-refractivity contribution >= 4 is 11.7 Å². The van der Waals surface area contributed by atoms with E-state index in [2.05, 4.69) is 32.4 Å². The zero-order chi connectivity index (χ0) is 17.4. The van der Waals surface area contributed by atoms with Crippen LogP contribution in [0.4, 0.5) is 5.82 Å². The van der Waals surface area contributed by atoms with Crippen LogP contribution in [0.2, 0.25) is 0 Å². The number of hydrogen-bond donors (Lipinski definition) is 2. The van der Waals surface area contributed by atoms with Crippen LogP contribution in [-0.2, 0) is 4.79 Å². The maximum Gasteiger partial charge on any atom is 0.222 e. The number of nitrogens with one attached hydrogen (secondary N) is 2. The Morgan fingerprint density at radius 1 is 1.12 bits per heavy atom. The van der Waals surface area contributed by atoms with Gasteiger partial charge in [-0.2, -0.15) is 0 Å². The molecule has 2 aliphatic rings. The molecule has 7 nitrogen and oxygen atoms in total. The van der Waals surface area contributed by atoms with Crippen LogP contribution < -0.4 is 15.5 Å². The van der Waals surface area contributed by atoms with Crippen molar-refractivity contribution in [3.05, 3.63) is 35.8 Å². The lowest BCUT2D eigenvalue weighted by molar-refractivity contribution is -0.122. The first-order chi connectivity index (χ1) is 12.1. The molecule has 0 saturated carbocycles. The van der Waals surface area contributed by atoms with Crippen LogP contribution in [0, 0.1) is 13.8 Å². The Hall–Kier alpha value is -2.54. The number of aromatic nitrogens is 3. The smallest absolute Gasteiger partial charge is 0.222 e. The van der Waals surface area contributed by atoms with Crippen molar-refractivity contribution in [3.63, 3.8) is 0 Å². The second-order valence-electron chi connectivity index (χ2n) is 6.91. The standard InChI is InChI=1S/C18H22N6O/c1-12-13(2)22-16(14-3-5-19-6-4-14)23-17(12)24-10-18(11-24)9-15(25)20-7-8-21-18/h3-6,21H,7-11H2,1-2H3,(H,20,25). The predicted octanol–water partition coefficient (Wildman–Crippen LogP) is 0.824. The summed E-state index contributed by atoms with van der Waals surface area (Å²) < 4.78 is 0. The van der Waals surface area contributed by atoms with Gasteiger partial charge in [0, 0.05) is 61.8 Å². The highest BCUT2D eigenvalue weighted by Gasteiger charge is 2.46. The largest absolute Gasteiger partial charge is 0.355 e. The van der Waals surface area contributed by atoms with Crippen molar-refractivity contribution in [1.29, 1.82) is 0 Å². The minimum Gasteiger partial charge on any atom is -0.355 e. The number of carbonyl (C=O) groups excluding carboxylic acids is 1. The van der Waals surface area contributed by atoms with E-state index in [4.69, 9.17) is 4.98 Å². The zero-order valence-corrected chi connectivity index (χ0v) is 14.5. The third-order valence-electron chi connectivity index (χ3n) is 5.03. The Morgan fingerprint density at radius 3 is 2.64 bits per heavy atom. The molecule has 0 aromatic carbocycles. The van der Waals surface area contributed by atoms with Crippen LogP contribution in [-0.4, -0.2) is 52.6 Å². The monoisotopic (exact) mass is 338 g/mol. The topological polar surface area (TPSA) is 83.0 Å². The molecule has 2 aromatic heterocycles. The quantitative estimate of drug-likeness (QED) is 0.844. The highest BCUT2D eigenvalue weighted by Crippen LogP contribution is 2.33. The van der Waals surface area contributed by atoms with Crippen molar-refractivity contribution < 1.29 is 4.79 Å². The van der Waals surface area contributed by atoms with Crippen LogP contribution in [0.25, 0.3) is 11.4 Å². The first-order valence-corrected chi connectivity index (χ1v) is 8.59. The lowest BCUT2D eigenvalue weighted by atomic mass is 9.85. The molecule has 25 heavy (non-hydrogen) atoms. The Kier molecular flexibility index (Phi) is 3.88. The third-order valence-corrected chi connectivity index (χ3v) is 5.03. The number of anilines is 1. The summed E-state index contributed by atoms with van der Waals surface area (Å²) in [4.78, 5) is 27.6. The SMILES string of the molecule is Cc1nc(-c2ccncc2)nc(N2CC3(CC(=O)NCCN3)C2)c1C. The minimum atomic E-state index is -0.136. The molecule has 0 bridgehead atoms. The molecule has 1 spiro atoms. The van der Waals surface area contributed by atoms with Crippen molar-refractivity contribution in [2.45, 2.75) is 25.8 Å². The van der Waals surface area contributed by atoms with Crippen molar-refractivity contribution in [1.82, 2.24) is 25.6 Å². The van der Waals surface area contributed by atoms with Crippen LogP contribution in [0.3, 0.4) is 0 Å². The fourth-order valence-corrected chi connectivity index (χ4v) is 3.57. The van der Waals surface area contributed by atoms with E-state index in [9.17, 15) is 4.79 Å². The first-order valence-electron chi connectivity index (χ1n) is 8.59. The molecule has 0 radical (unpaired) electrons. The third kappa shape index (κ3) is 2.95. The molecule has 2 saturated heterocycles. The van der Waals surface area contributed by atoms with E-state index < -0.39 is 0 Å². The van der Waals surface area contributed by atoms with E-state index in [1.807, 2.05) is 19.1 Å². The predicted molar refractivity (Wildman–Crippen MR) is 95.3 cm³/mol. The van der Waals surface area contributed by atoms with Crippen LogP contribution in [0.15, 0.2) is 24.5 Å². The summed E-state index contributed by atoms with van der Waals surface area (Å²) in [6.45, 7) is 7.14. The fraction of sp³-hybridized carbons (Fsp3) is 0.444. The molecule has 1 amide bonds.